The summed E-state index contributed by atoms with van der Waals surface area (Å²) in [5, 5.41) is 11.5. The Morgan fingerprint density at radius 1 is 0.810 bits per heavy atom. The molecule has 0 aromatic heterocycles. The molecule has 21 heavy (non-hydrogen) atoms. The predicted octanol–water partition coefficient (Wildman–Crippen LogP) is 3.28. The van der Waals surface area contributed by atoms with Crippen LogP contribution in [-0.2, 0) is 0 Å². The molecule has 0 aliphatic rings. The van der Waals surface area contributed by atoms with Gasteiger partial charge in [-0.3, -0.25) is 0 Å². The van der Waals surface area contributed by atoms with E-state index in [1.54, 1.807) is 0 Å². The Kier molecular flexibility index (Phi) is 6.50. The molecule has 2 heteroatoms. The summed E-state index contributed by atoms with van der Waals surface area (Å²) in [6.07, 6.45) is 6.98. The third-order valence-electron chi connectivity index (χ3n) is 3.62. The first-order valence-electron chi connectivity index (χ1n) is 7.53. The highest BCUT2D eigenvalue weighted by atomic mass is 28.3. The first-order chi connectivity index (χ1) is 10.4. The molecule has 0 aliphatic carbocycles. The minimum atomic E-state index is -1.13. The van der Waals surface area contributed by atoms with Crippen LogP contribution in [0.1, 0.15) is 19.3 Å². The number of hydrogen-bond donors (Lipinski definition) is 0. The number of benzene rings is 2. The summed E-state index contributed by atoms with van der Waals surface area (Å²) < 4.78 is 0. The van der Waals surface area contributed by atoms with Crippen LogP contribution >= 0.6 is 0 Å². The predicted molar refractivity (Wildman–Crippen MR) is 92.7 cm³/mol. The number of nitrogens with zero attached hydrogens (tertiary/aromatic N) is 1. The Bertz CT molecular complexity index is 544. The molecule has 0 saturated carbocycles. The minimum Gasteiger partial charge on any atom is -0.198 e. The largest absolute Gasteiger partial charge is 0.198 e. The van der Waals surface area contributed by atoms with Crippen LogP contribution in [0.15, 0.2) is 72.8 Å². The standard InChI is InChI=1S/C19H21NSi/c20-16-10-2-1-3-11-17-21(18-12-6-4-7-13-18)19-14-8-5-9-15-19/h1,3-9,12-15,21H,2,10-11,17H2. The number of nitriles is 1. The van der Waals surface area contributed by atoms with Crippen molar-refractivity contribution in [3.8, 4) is 6.07 Å². The maximum atomic E-state index is 8.53. The molecule has 0 N–H and O–H groups in total. The van der Waals surface area contributed by atoms with Gasteiger partial charge in [0, 0.05) is 6.42 Å². The lowest BCUT2D eigenvalue weighted by molar-refractivity contribution is 1.04. The van der Waals surface area contributed by atoms with Crippen molar-refractivity contribution in [3.05, 3.63) is 72.8 Å². The van der Waals surface area contributed by atoms with Crippen molar-refractivity contribution in [3.63, 3.8) is 0 Å². The molecule has 0 bridgehead atoms. The lowest BCUT2D eigenvalue weighted by atomic mass is 10.3. The fourth-order valence-corrected chi connectivity index (χ4v) is 5.49. The molecule has 106 valence electrons. The topological polar surface area (TPSA) is 23.8 Å². The quantitative estimate of drug-likeness (QED) is 0.436. The molecule has 2 aromatic rings. The molecule has 2 rings (SSSR count). The van der Waals surface area contributed by atoms with Crippen LogP contribution in [0.2, 0.25) is 6.04 Å². The Balaban J connectivity index is 2.04. The highest BCUT2D eigenvalue weighted by Crippen LogP contribution is 2.03. The molecular weight excluding hydrogens is 270 g/mol. The summed E-state index contributed by atoms with van der Waals surface area (Å²) in [6, 6.07) is 25.2. The second kappa shape index (κ2) is 8.94. The molecule has 0 saturated heterocycles. The van der Waals surface area contributed by atoms with Gasteiger partial charge in [-0.2, -0.15) is 5.26 Å². The molecule has 0 heterocycles. The summed E-state index contributed by atoms with van der Waals surface area (Å²) in [5.41, 5.74) is 0. The van der Waals surface area contributed by atoms with Crippen LogP contribution < -0.4 is 10.4 Å². The zero-order valence-corrected chi connectivity index (χ0v) is 13.4. The van der Waals surface area contributed by atoms with Crippen LogP contribution in [0.25, 0.3) is 0 Å². The first kappa shape index (κ1) is 15.3. The van der Waals surface area contributed by atoms with Crippen LogP contribution in [-0.4, -0.2) is 8.80 Å². The monoisotopic (exact) mass is 291 g/mol. The van der Waals surface area contributed by atoms with Gasteiger partial charge in [0.25, 0.3) is 0 Å². The average molecular weight is 291 g/mol. The van der Waals surface area contributed by atoms with E-state index >= 15 is 0 Å². The minimum absolute atomic E-state index is 0.620. The van der Waals surface area contributed by atoms with Crippen molar-refractivity contribution in [1.29, 1.82) is 5.26 Å². The Morgan fingerprint density at radius 3 is 1.86 bits per heavy atom. The van der Waals surface area contributed by atoms with Gasteiger partial charge in [-0.05, 0) is 18.9 Å². The van der Waals surface area contributed by atoms with Crippen molar-refractivity contribution in [2.45, 2.75) is 25.3 Å². The van der Waals surface area contributed by atoms with Gasteiger partial charge in [-0.25, -0.2) is 0 Å². The van der Waals surface area contributed by atoms with Gasteiger partial charge in [-0.15, -0.1) is 0 Å². The van der Waals surface area contributed by atoms with Gasteiger partial charge in [-0.1, -0.05) is 83.2 Å². The van der Waals surface area contributed by atoms with Gasteiger partial charge >= 0.3 is 0 Å². The molecule has 0 aliphatic heterocycles. The number of rotatable bonds is 7. The van der Waals surface area contributed by atoms with E-state index in [0.29, 0.717) is 6.42 Å². The molecular formula is C19H21NSi. The number of allylic oxidation sites excluding steroid dienone is 2. The Morgan fingerprint density at radius 2 is 1.33 bits per heavy atom. The van der Waals surface area contributed by atoms with Crippen LogP contribution in [0, 0.1) is 11.3 Å². The van der Waals surface area contributed by atoms with Gasteiger partial charge in [0.15, 0.2) is 0 Å². The van der Waals surface area contributed by atoms with Crippen LogP contribution in [0.4, 0.5) is 0 Å². The van der Waals surface area contributed by atoms with Gasteiger partial charge < -0.3 is 0 Å². The molecule has 1 nitrogen and oxygen atoms in total. The van der Waals surface area contributed by atoms with Crippen molar-refractivity contribution >= 4 is 19.2 Å². The highest BCUT2D eigenvalue weighted by molar-refractivity contribution is 6.85. The zero-order chi connectivity index (χ0) is 14.8. The van der Waals surface area contributed by atoms with E-state index in [1.807, 2.05) is 0 Å². The Hall–Kier alpha value is -2.11. The maximum absolute atomic E-state index is 8.53. The lowest BCUT2D eigenvalue weighted by Gasteiger charge is -2.15. The molecule has 0 atom stereocenters. The van der Waals surface area contributed by atoms with Crippen molar-refractivity contribution in [2.24, 2.45) is 0 Å². The molecule has 0 unspecified atom stereocenters. The molecule has 0 amide bonds. The van der Waals surface area contributed by atoms with Crippen molar-refractivity contribution in [1.82, 2.24) is 0 Å². The SMILES string of the molecule is N#CCCC=CCC[SiH](c1ccccc1)c1ccccc1. The molecule has 0 fully saturated rings. The second-order valence-electron chi connectivity index (χ2n) is 5.12. The van der Waals surface area contributed by atoms with E-state index in [4.69, 9.17) is 5.26 Å². The van der Waals surface area contributed by atoms with E-state index in [-0.39, 0.29) is 0 Å². The normalized spacial score (nSPS) is 10.9. The van der Waals surface area contributed by atoms with Gasteiger partial charge in [0.05, 0.1) is 6.07 Å². The lowest BCUT2D eigenvalue weighted by Crippen LogP contribution is -2.41. The number of unbranched alkanes of at least 4 members (excludes halogenated alkanes) is 1. The van der Waals surface area contributed by atoms with Crippen LogP contribution in [0.5, 0.6) is 0 Å². The van der Waals surface area contributed by atoms with Gasteiger partial charge in [0.1, 0.15) is 8.80 Å². The summed E-state index contributed by atoms with van der Waals surface area (Å²) >= 11 is 0. The molecule has 0 spiro atoms. The third kappa shape index (κ3) is 5.05. The summed E-state index contributed by atoms with van der Waals surface area (Å²) in [4.78, 5) is 0. The van der Waals surface area contributed by atoms with Crippen LogP contribution in [0.3, 0.4) is 0 Å². The van der Waals surface area contributed by atoms with Crippen molar-refractivity contribution < 1.29 is 0 Å². The summed E-state index contributed by atoms with van der Waals surface area (Å²) in [5.74, 6) is 0. The first-order valence-corrected chi connectivity index (χ1v) is 9.51. The third-order valence-corrected chi connectivity index (χ3v) is 6.91. The summed E-state index contributed by atoms with van der Waals surface area (Å²) in [6.45, 7) is 0. The second-order valence-corrected chi connectivity index (χ2v) is 8.14. The smallest absolute Gasteiger partial charge is 0.103 e. The van der Waals surface area contributed by atoms with Gasteiger partial charge in [0.2, 0.25) is 0 Å². The Labute approximate surface area is 129 Å². The number of hydrogen-bond acceptors (Lipinski definition) is 1. The fraction of sp³-hybridized carbons (Fsp3) is 0.211. The highest BCUT2D eigenvalue weighted by Gasteiger charge is 2.14. The van der Waals surface area contributed by atoms with E-state index in [9.17, 15) is 0 Å². The average Bonchev–Trinajstić information content (AvgIpc) is 2.56. The fourth-order valence-electron chi connectivity index (χ4n) is 2.54. The maximum Gasteiger partial charge on any atom is 0.103 e. The van der Waals surface area contributed by atoms with Crippen molar-refractivity contribution in [2.75, 3.05) is 0 Å². The van der Waals surface area contributed by atoms with E-state index in [0.717, 1.165) is 12.8 Å². The zero-order valence-electron chi connectivity index (χ0n) is 12.3. The van der Waals surface area contributed by atoms with E-state index in [1.165, 1.54) is 16.4 Å². The molecule has 0 radical (unpaired) electrons. The van der Waals surface area contributed by atoms with E-state index in [2.05, 4.69) is 78.9 Å². The summed E-state index contributed by atoms with van der Waals surface area (Å²) in [7, 11) is -1.13. The molecule has 2 aromatic carbocycles. The van der Waals surface area contributed by atoms with E-state index < -0.39 is 8.80 Å².